The van der Waals surface area contributed by atoms with Gasteiger partial charge < -0.3 is 24.5 Å². The van der Waals surface area contributed by atoms with Crippen molar-refractivity contribution in [1.29, 1.82) is 0 Å². The molecule has 0 heterocycles. The number of nitrogens with one attached hydrogen (secondary N) is 1. The number of hydrogen-bond acceptors (Lipinski definition) is 4. The molecule has 32 heavy (non-hydrogen) atoms. The summed E-state index contributed by atoms with van der Waals surface area (Å²) >= 11 is 0. The Bertz CT molecular complexity index is 544. The highest BCUT2D eigenvalue weighted by molar-refractivity contribution is 5.75. The van der Waals surface area contributed by atoms with Crippen molar-refractivity contribution in [3.63, 3.8) is 0 Å². The average molecular weight is 453 g/mol. The van der Waals surface area contributed by atoms with Crippen LogP contribution >= 0.6 is 0 Å². The summed E-state index contributed by atoms with van der Waals surface area (Å²) in [6.45, 7) is 2.96. The summed E-state index contributed by atoms with van der Waals surface area (Å²) in [6, 6.07) is 0. The number of unbranched alkanes of at least 4 members (excludes halogenated alkanes) is 10. The molecule has 186 valence electrons. The molecular weight excluding hydrogens is 404 g/mol. The molecule has 0 aromatic rings. The quantitative estimate of drug-likeness (QED) is 0.153. The molecule has 0 aliphatic heterocycles. The Morgan fingerprint density at radius 2 is 1.25 bits per heavy atom. The molecule has 0 saturated heterocycles. The Kier molecular flexibility index (Phi) is 18.9. The molecule has 6 nitrogen and oxygen atoms in total. The number of amides is 1. The van der Waals surface area contributed by atoms with Gasteiger partial charge in [-0.3, -0.25) is 4.79 Å². The molecule has 0 unspecified atom stereocenters. The summed E-state index contributed by atoms with van der Waals surface area (Å²) in [5.41, 5.74) is 0. The van der Waals surface area contributed by atoms with E-state index in [0.717, 1.165) is 44.9 Å². The number of carbonyl (C=O) groups is 3. The lowest BCUT2D eigenvalue weighted by atomic mass is 10.1. The van der Waals surface area contributed by atoms with Gasteiger partial charge in [-0.2, -0.15) is 0 Å². The van der Waals surface area contributed by atoms with E-state index in [-0.39, 0.29) is 12.5 Å². The van der Waals surface area contributed by atoms with Crippen molar-refractivity contribution in [3.05, 3.63) is 12.2 Å². The van der Waals surface area contributed by atoms with Gasteiger partial charge in [0.05, 0.1) is 26.6 Å². The van der Waals surface area contributed by atoms with Crippen molar-refractivity contribution in [2.45, 2.75) is 103 Å². The number of aliphatic carboxylic acids is 1. The number of rotatable bonds is 22. The zero-order valence-electron chi connectivity index (χ0n) is 21.0. The van der Waals surface area contributed by atoms with Gasteiger partial charge in [0.2, 0.25) is 5.91 Å². The lowest BCUT2D eigenvalue weighted by Crippen LogP contribution is -2.49. The minimum absolute atomic E-state index is 0.00618. The molecule has 0 spiro atoms. The molecule has 0 atom stereocenters. The van der Waals surface area contributed by atoms with Gasteiger partial charge in [-0.25, -0.2) is 0 Å². The highest BCUT2D eigenvalue weighted by Crippen LogP contribution is 2.10. The molecule has 0 fully saturated rings. The maximum Gasteiger partial charge on any atom is 0.219 e. The summed E-state index contributed by atoms with van der Waals surface area (Å²) in [5.74, 6) is -0.643. The van der Waals surface area contributed by atoms with Gasteiger partial charge in [0.1, 0.15) is 12.3 Å². The molecule has 0 saturated carbocycles. The van der Waals surface area contributed by atoms with Gasteiger partial charge in [0.25, 0.3) is 0 Å². The van der Waals surface area contributed by atoms with Crippen LogP contribution in [0.3, 0.4) is 0 Å². The van der Waals surface area contributed by atoms with Crippen molar-refractivity contribution in [2.24, 2.45) is 0 Å². The lowest BCUT2D eigenvalue weighted by Gasteiger charge is -2.30. The normalized spacial score (nSPS) is 11.7. The van der Waals surface area contributed by atoms with Gasteiger partial charge in [-0.1, -0.05) is 50.7 Å². The first-order chi connectivity index (χ1) is 15.2. The van der Waals surface area contributed by atoms with Crippen LogP contribution in [-0.2, 0) is 14.4 Å². The Morgan fingerprint density at radius 1 is 0.750 bits per heavy atom. The average Bonchev–Trinajstić information content (AvgIpc) is 2.69. The second-order valence-electron chi connectivity index (χ2n) is 9.68. The SMILES string of the molecule is CC(=O)CCCCCCC/C=C/CCCCCCCC(=O)NCCC[N+](C)(C)CC(=O)[O-]. The maximum atomic E-state index is 11.9. The van der Waals surface area contributed by atoms with Crippen LogP contribution in [0.15, 0.2) is 12.2 Å². The minimum Gasteiger partial charge on any atom is -0.544 e. The number of carboxylic acid groups (broad SMARTS) is 1. The fourth-order valence-electron chi connectivity index (χ4n) is 3.73. The number of quaternary nitrogens is 1. The highest BCUT2D eigenvalue weighted by Gasteiger charge is 2.14. The Labute approximate surface area is 196 Å². The van der Waals surface area contributed by atoms with Gasteiger partial charge in [-0.05, 0) is 45.4 Å². The van der Waals surface area contributed by atoms with E-state index >= 15 is 0 Å². The number of carboxylic acids is 1. The number of carbonyl (C=O) groups excluding carboxylic acids is 3. The number of ketones is 1. The molecule has 0 rings (SSSR count). The van der Waals surface area contributed by atoms with E-state index in [1.54, 1.807) is 6.92 Å². The number of likely N-dealkylation sites (N-methyl/N-ethyl adjacent to an activating group) is 1. The van der Waals surface area contributed by atoms with Gasteiger partial charge in [0.15, 0.2) is 0 Å². The molecule has 1 N–H and O–H groups in total. The predicted octanol–water partition coefficient (Wildman–Crippen LogP) is 3.93. The smallest absolute Gasteiger partial charge is 0.219 e. The Hall–Kier alpha value is -1.69. The van der Waals surface area contributed by atoms with Crippen LogP contribution in [0.2, 0.25) is 0 Å². The van der Waals surface area contributed by atoms with E-state index in [0.29, 0.717) is 29.8 Å². The summed E-state index contributed by atoms with van der Waals surface area (Å²) in [7, 11) is 3.71. The molecule has 0 aliphatic rings. The molecule has 1 amide bonds. The number of allylic oxidation sites excluding steroid dienone is 2. The van der Waals surface area contributed by atoms with E-state index in [4.69, 9.17) is 0 Å². The monoisotopic (exact) mass is 452 g/mol. The second-order valence-corrected chi connectivity index (χ2v) is 9.68. The lowest BCUT2D eigenvalue weighted by molar-refractivity contribution is -0.884. The molecule has 0 radical (unpaired) electrons. The molecule has 0 aromatic heterocycles. The van der Waals surface area contributed by atoms with Crippen molar-refractivity contribution in [2.75, 3.05) is 33.7 Å². The number of hydrogen-bond donors (Lipinski definition) is 1. The topological polar surface area (TPSA) is 86.3 Å². The van der Waals surface area contributed by atoms with Crippen LogP contribution < -0.4 is 10.4 Å². The maximum absolute atomic E-state index is 11.9. The third-order valence-corrected chi connectivity index (χ3v) is 5.66. The van der Waals surface area contributed by atoms with Crippen molar-refractivity contribution >= 4 is 17.7 Å². The molecule has 0 aromatic carbocycles. The van der Waals surface area contributed by atoms with E-state index in [2.05, 4.69) is 17.5 Å². The van der Waals surface area contributed by atoms with Crippen LogP contribution in [0.25, 0.3) is 0 Å². The zero-order chi connectivity index (χ0) is 24.1. The largest absolute Gasteiger partial charge is 0.544 e. The first-order valence-corrected chi connectivity index (χ1v) is 12.7. The predicted molar refractivity (Wildman–Crippen MR) is 129 cm³/mol. The van der Waals surface area contributed by atoms with Crippen LogP contribution in [0.4, 0.5) is 0 Å². The summed E-state index contributed by atoms with van der Waals surface area (Å²) in [6.07, 6.45) is 20.6. The van der Waals surface area contributed by atoms with Crippen LogP contribution in [0, 0.1) is 0 Å². The molecular formula is C26H48N2O4. The third kappa shape index (κ3) is 23.0. The van der Waals surface area contributed by atoms with Gasteiger partial charge in [-0.15, -0.1) is 0 Å². The summed E-state index contributed by atoms with van der Waals surface area (Å²) in [4.78, 5) is 33.4. The molecule has 0 bridgehead atoms. The second kappa shape index (κ2) is 20.0. The molecule has 0 aliphatic carbocycles. The fraction of sp³-hybridized carbons (Fsp3) is 0.808. The van der Waals surface area contributed by atoms with Gasteiger partial charge >= 0.3 is 0 Å². The van der Waals surface area contributed by atoms with E-state index in [1.165, 1.54) is 44.9 Å². The zero-order valence-corrected chi connectivity index (χ0v) is 21.0. The van der Waals surface area contributed by atoms with Crippen LogP contribution in [0.5, 0.6) is 0 Å². The van der Waals surface area contributed by atoms with Crippen molar-refractivity contribution in [1.82, 2.24) is 5.32 Å². The summed E-state index contributed by atoms with van der Waals surface area (Å²) in [5, 5.41) is 13.6. The standard InChI is InChI=1S/C26H48N2O4/c1-24(29)19-16-14-12-10-8-6-4-5-7-9-11-13-15-17-20-25(30)27-21-18-22-28(2,3)23-26(31)32/h4-5H,6-23H2,1-3H3,(H-,27,30,31,32)/b5-4+. The Balaban J connectivity index is 3.39. The molecule has 6 heteroatoms. The third-order valence-electron chi connectivity index (χ3n) is 5.66. The fourth-order valence-corrected chi connectivity index (χ4v) is 3.73. The minimum atomic E-state index is -1.04. The first kappa shape index (κ1) is 30.3. The first-order valence-electron chi connectivity index (χ1n) is 12.7. The highest BCUT2D eigenvalue weighted by atomic mass is 16.4. The Morgan fingerprint density at radius 3 is 1.78 bits per heavy atom. The van der Waals surface area contributed by atoms with E-state index in [9.17, 15) is 19.5 Å². The number of Topliss-reactive ketones (excluding diaryl/α,β-unsaturated/α-hetero) is 1. The van der Waals surface area contributed by atoms with Gasteiger partial charge in [0, 0.05) is 25.8 Å². The number of nitrogens with zero attached hydrogens (tertiary/aromatic N) is 1. The van der Waals surface area contributed by atoms with E-state index in [1.807, 2.05) is 14.1 Å². The van der Waals surface area contributed by atoms with E-state index < -0.39 is 5.97 Å². The van der Waals surface area contributed by atoms with Crippen molar-refractivity contribution < 1.29 is 24.0 Å². The van der Waals surface area contributed by atoms with Crippen LogP contribution in [0.1, 0.15) is 103 Å². The van der Waals surface area contributed by atoms with Crippen LogP contribution in [-0.4, -0.2) is 55.9 Å². The van der Waals surface area contributed by atoms with Crippen molar-refractivity contribution in [3.8, 4) is 0 Å². The summed E-state index contributed by atoms with van der Waals surface area (Å²) < 4.78 is 0.372.